The van der Waals surface area contributed by atoms with Crippen LogP contribution in [0.3, 0.4) is 0 Å². The van der Waals surface area contributed by atoms with Crippen molar-refractivity contribution in [2.45, 2.75) is 32.4 Å². The van der Waals surface area contributed by atoms with Gasteiger partial charge in [-0.25, -0.2) is 4.79 Å². The number of likely N-dealkylation sites (N-methyl/N-ethyl adjacent to an activating group) is 1. The van der Waals surface area contributed by atoms with Crippen molar-refractivity contribution < 1.29 is 19.7 Å². The number of hydrogen-bond donors (Lipinski definition) is 3. The van der Waals surface area contributed by atoms with Crippen LogP contribution in [0, 0.1) is 0 Å². The number of phenols is 2. The van der Waals surface area contributed by atoms with Crippen LogP contribution in [0.15, 0.2) is 23.2 Å². The highest BCUT2D eigenvalue weighted by atomic mass is 16.6. The van der Waals surface area contributed by atoms with Gasteiger partial charge in [0.05, 0.1) is 12.6 Å². The molecule has 7 nitrogen and oxygen atoms in total. The summed E-state index contributed by atoms with van der Waals surface area (Å²) >= 11 is 0. The number of phenolic OH excluding ortho intramolecular Hbond substituents is 2. The number of alkyl carbamates (subject to hydrolysis) is 1. The number of carbonyl (C=O) groups excluding carboxylic acids is 1. The summed E-state index contributed by atoms with van der Waals surface area (Å²) in [6.45, 7) is 5.69. The Bertz CT molecular complexity index is 607. The van der Waals surface area contributed by atoms with Crippen LogP contribution >= 0.6 is 0 Å². The molecule has 1 aromatic rings. The zero-order valence-corrected chi connectivity index (χ0v) is 13.1. The SMILES string of the molecule is CN1C(NC(=O)OC(C)(C)C)=NCC1c1cccc(O)c1O. The second-order valence-corrected chi connectivity index (χ2v) is 6.13. The van der Waals surface area contributed by atoms with Gasteiger partial charge in [0.15, 0.2) is 11.5 Å². The molecule has 3 N–H and O–H groups in total. The predicted molar refractivity (Wildman–Crippen MR) is 81.9 cm³/mol. The smallest absolute Gasteiger partial charge is 0.414 e. The minimum absolute atomic E-state index is 0.173. The highest BCUT2D eigenvalue weighted by Crippen LogP contribution is 2.36. The highest BCUT2D eigenvalue weighted by Gasteiger charge is 2.30. The minimum atomic E-state index is -0.593. The Kier molecular flexibility index (Phi) is 4.16. The third-order valence-electron chi connectivity index (χ3n) is 3.23. The van der Waals surface area contributed by atoms with Gasteiger partial charge in [0.2, 0.25) is 5.96 Å². The molecule has 1 aliphatic rings. The quantitative estimate of drug-likeness (QED) is 0.690. The van der Waals surface area contributed by atoms with Crippen LogP contribution in [0.5, 0.6) is 11.5 Å². The molecule has 1 unspecified atom stereocenters. The summed E-state index contributed by atoms with van der Waals surface area (Å²) < 4.78 is 5.18. The first kappa shape index (κ1) is 15.9. The van der Waals surface area contributed by atoms with Gasteiger partial charge in [-0.3, -0.25) is 10.3 Å². The lowest BCUT2D eigenvalue weighted by atomic mass is 10.1. The van der Waals surface area contributed by atoms with Gasteiger partial charge in [-0.2, -0.15) is 0 Å². The lowest BCUT2D eigenvalue weighted by Gasteiger charge is -2.25. The standard InChI is InChI=1S/C15H21N3O4/c1-15(2,3)22-14(21)17-13-16-8-10(18(13)4)9-6-5-7-11(19)12(9)20/h5-7,10,19-20H,8H2,1-4H3,(H,16,17,21). The number of hydrogen-bond acceptors (Lipinski definition) is 6. The fraction of sp³-hybridized carbons (Fsp3) is 0.467. The molecule has 1 amide bonds. The maximum absolute atomic E-state index is 11.8. The molecule has 0 fully saturated rings. The Hall–Kier alpha value is -2.44. The molecule has 0 bridgehead atoms. The summed E-state index contributed by atoms with van der Waals surface area (Å²) in [5, 5.41) is 22.1. The number of amides is 1. The van der Waals surface area contributed by atoms with Gasteiger partial charge < -0.3 is 19.8 Å². The van der Waals surface area contributed by atoms with Crippen LogP contribution < -0.4 is 5.32 Å². The molecule has 0 saturated heterocycles. The number of ether oxygens (including phenoxy) is 1. The number of benzene rings is 1. The summed E-state index contributed by atoms with van der Waals surface area (Å²) in [5.41, 5.74) is -0.0442. The molecule has 7 heteroatoms. The molecule has 0 radical (unpaired) electrons. The van der Waals surface area contributed by atoms with Gasteiger partial charge in [-0.15, -0.1) is 0 Å². The summed E-state index contributed by atoms with van der Waals surface area (Å²) in [5.74, 6) is 0.00881. The van der Waals surface area contributed by atoms with Crippen molar-refractivity contribution in [3.05, 3.63) is 23.8 Å². The third-order valence-corrected chi connectivity index (χ3v) is 3.23. The molecule has 0 aliphatic carbocycles. The molecule has 0 saturated carbocycles. The normalized spacial score (nSPS) is 18.1. The van der Waals surface area contributed by atoms with E-state index in [4.69, 9.17) is 4.74 Å². The van der Waals surface area contributed by atoms with Crippen molar-refractivity contribution in [3.8, 4) is 11.5 Å². The third kappa shape index (κ3) is 3.41. The molecule has 2 rings (SSSR count). The van der Waals surface area contributed by atoms with Crippen molar-refractivity contribution in [2.75, 3.05) is 13.6 Å². The predicted octanol–water partition coefficient (Wildman–Crippen LogP) is 1.97. The van der Waals surface area contributed by atoms with Crippen LogP contribution in [0.4, 0.5) is 4.79 Å². The number of para-hydroxylation sites is 1. The summed E-state index contributed by atoms with van der Waals surface area (Å²) in [6.07, 6.45) is -0.584. The fourth-order valence-electron chi connectivity index (χ4n) is 2.20. The number of guanidine groups is 1. The van der Waals surface area contributed by atoms with E-state index in [1.54, 1.807) is 44.9 Å². The maximum Gasteiger partial charge on any atom is 0.414 e. The molecule has 1 aromatic carbocycles. The van der Waals surface area contributed by atoms with Crippen molar-refractivity contribution in [3.63, 3.8) is 0 Å². The molecule has 1 heterocycles. The van der Waals surface area contributed by atoms with Crippen LogP contribution in [0.25, 0.3) is 0 Å². The van der Waals surface area contributed by atoms with Crippen molar-refractivity contribution in [1.29, 1.82) is 0 Å². The van der Waals surface area contributed by atoms with Gasteiger partial charge in [-0.05, 0) is 26.8 Å². The molecule has 0 spiro atoms. The Balaban J connectivity index is 2.07. The molecule has 0 aromatic heterocycles. The molecule has 1 aliphatic heterocycles. The van der Waals surface area contributed by atoms with E-state index in [-0.39, 0.29) is 17.5 Å². The fourth-order valence-corrected chi connectivity index (χ4v) is 2.20. The Morgan fingerprint density at radius 2 is 2.09 bits per heavy atom. The second-order valence-electron chi connectivity index (χ2n) is 6.13. The van der Waals surface area contributed by atoms with Crippen LogP contribution in [-0.4, -0.2) is 46.4 Å². The average molecular weight is 307 g/mol. The van der Waals surface area contributed by atoms with E-state index >= 15 is 0 Å². The number of aliphatic imine (C=N–C) groups is 1. The number of rotatable bonds is 1. The van der Waals surface area contributed by atoms with Gasteiger partial charge in [0.1, 0.15) is 5.60 Å². The van der Waals surface area contributed by atoms with E-state index in [1.165, 1.54) is 6.07 Å². The Morgan fingerprint density at radius 1 is 1.41 bits per heavy atom. The first-order valence-electron chi connectivity index (χ1n) is 6.97. The average Bonchev–Trinajstić information content (AvgIpc) is 2.72. The number of nitrogens with zero attached hydrogens (tertiary/aromatic N) is 2. The lowest BCUT2D eigenvalue weighted by Crippen LogP contribution is -2.42. The van der Waals surface area contributed by atoms with Gasteiger partial charge in [-0.1, -0.05) is 12.1 Å². The van der Waals surface area contributed by atoms with Crippen molar-refractivity contribution in [2.24, 2.45) is 4.99 Å². The number of carbonyl (C=O) groups is 1. The monoisotopic (exact) mass is 307 g/mol. The van der Waals surface area contributed by atoms with Crippen LogP contribution in [-0.2, 0) is 4.74 Å². The first-order valence-corrected chi connectivity index (χ1v) is 6.97. The molecular formula is C15H21N3O4. The summed E-state index contributed by atoms with van der Waals surface area (Å²) in [6, 6.07) is 4.51. The van der Waals surface area contributed by atoms with E-state index in [2.05, 4.69) is 10.3 Å². The first-order chi connectivity index (χ1) is 10.2. The molecule has 22 heavy (non-hydrogen) atoms. The van der Waals surface area contributed by atoms with E-state index in [0.29, 0.717) is 18.1 Å². The van der Waals surface area contributed by atoms with Gasteiger partial charge >= 0.3 is 6.09 Å². The summed E-state index contributed by atoms with van der Waals surface area (Å²) in [7, 11) is 1.75. The topological polar surface area (TPSA) is 94.4 Å². The maximum atomic E-state index is 11.8. The largest absolute Gasteiger partial charge is 0.504 e. The van der Waals surface area contributed by atoms with E-state index < -0.39 is 11.7 Å². The molecular weight excluding hydrogens is 286 g/mol. The molecule has 120 valence electrons. The van der Waals surface area contributed by atoms with E-state index in [1.807, 2.05) is 0 Å². The van der Waals surface area contributed by atoms with E-state index in [9.17, 15) is 15.0 Å². The zero-order chi connectivity index (χ0) is 16.5. The van der Waals surface area contributed by atoms with E-state index in [0.717, 1.165) is 0 Å². The Labute approximate surface area is 129 Å². The van der Waals surface area contributed by atoms with Crippen molar-refractivity contribution >= 4 is 12.1 Å². The van der Waals surface area contributed by atoms with Gasteiger partial charge in [0, 0.05) is 12.6 Å². The van der Waals surface area contributed by atoms with Crippen molar-refractivity contribution in [1.82, 2.24) is 10.2 Å². The zero-order valence-electron chi connectivity index (χ0n) is 13.1. The summed E-state index contributed by atoms with van der Waals surface area (Å²) in [4.78, 5) is 17.8. The Morgan fingerprint density at radius 3 is 2.73 bits per heavy atom. The lowest BCUT2D eigenvalue weighted by molar-refractivity contribution is 0.0557. The second kappa shape index (κ2) is 5.75. The minimum Gasteiger partial charge on any atom is -0.504 e. The number of aromatic hydroxyl groups is 2. The van der Waals surface area contributed by atoms with Crippen LogP contribution in [0.2, 0.25) is 0 Å². The number of nitrogens with one attached hydrogen (secondary N) is 1. The van der Waals surface area contributed by atoms with Crippen LogP contribution in [0.1, 0.15) is 32.4 Å². The van der Waals surface area contributed by atoms with Gasteiger partial charge in [0.25, 0.3) is 0 Å². The molecule has 1 atom stereocenters. The highest BCUT2D eigenvalue weighted by molar-refractivity contribution is 5.95.